The number of fused-ring (bicyclic) bond motifs is 2. The zero-order valence-corrected chi connectivity index (χ0v) is 18.9. The van der Waals surface area contributed by atoms with Crippen molar-refractivity contribution >= 4 is 33.5 Å². The molecule has 34 heavy (non-hydrogen) atoms. The number of carboxylic acids is 1. The Morgan fingerprint density at radius 3 is 2.71 bits per heavy atom. The molecule has 0 radical (unpaired) electrons. The molecule has 1 atom stereocenters. The SMILES string of the molecule is Cc1cc(C(C)Nc2cccnc2C(=O)O)c2oc(-c3nn(C)c4ccccc34)cc(=O)c2c1. The predicted octanol–water partition coefficient (Wildman–Crippen LogP) is 4.92. The maximum Gasteiger partial charge on any atom is 0.356 e. The van der Waals surface area contributed by atoms with Gasteiger partial charge in [-0.1, -0.05) is 24.3 Å². The fraction of sp³-hybridized carbons (Fsp3) is 0.154. The summed E-state index contributed by atoms with van der Waals surface area (Å²) in [5.41, 5.74) is 3.71. The lowest BCUT2D eigenvalue weighted by Gasteiger charge is -2.19. The fourth-order valence-corrected chi connectivity index (χ4v) is 4.27. The van der Waals surface area contributed by atoms with Gasteiger partial charge >= 0.3 is 5.97 Å². The largest absolute Gasteiger partial charge is 0.476 e. The summed E-state index contributed by atoms with van der Waals surface area (Å²) in [6.45, 7) is 3.79. The predicted molar refractivity (Wildman–Crippen MR) is 130 cm³/mol. The van der Waals surface area contributed by atoms with Crippen molar-refractivity contribution in [2.45, 2.75) is 19.9 Å². The van der Waals surface area contributed by atoms with Crippen molar-refractivity contribution < 1.29 is 14.3 Å². The molecule has 0 aliphatic heterocycles. The molecule has 2 N–H and O–H groups in total. The van der Waals surface area contributed by atoms with E-state index in [1.807, 2.05) is 51.2 Å². The Labute approximate surface area is 194 Å². The minimum absolute atomic E-state index is 0.0756. The van der Waals surface area contributed by atoms with E-state index in [1.165, 1.54) is 12.3 Å². The molecule has 2 aromatic carbocycles. The van der Waals surface area contributed by atoms with Crippen LogP contribution in [0.1, 0.15) is 34.6 Å². The number of rotatable bonds is 5. The highest BCUT2D eigenvalue weighted by Crippen LogP contribution is 2.33. The van der Waals surface area contributed by atoms with Gasteiger partial charge in [-0.3, -0.25) is 9.48 Å². The zero-order valence-electron chi connectivity index (χ0n) is 18.9. The van der Waals surface area contributed by atoms with Gasteiger partial charge in [0, 0.05) is 30.3 Å². The van der Waals surface area contributed by atoms with Crippen LogP contribution in [0.25, 0.3) is 33.3 Å². The van der Waals surface area contributed by atoms with Gasteiger partial charge in [0.25, 0.3) is 0 Å². The summed E-state index contributed by atoms with van der Waals surface area (Å²) < 4.78 is 8.08. The number of aromatic carboxylic acids is 1. The number of hydrogen-bond acceptors (Lipinski definition) is 6. The highest BCUT2D eigenvalue weighted by Gasteiger charge is 2.20. The Morgan fingerprint density at radius 1 is 1.12 bits per heavy atom. The molecule has 0 saturated carbocycles. The normalized spacial score (nSPS) is 12.2. The number of para-hydroxylation sites is 1. The second kappa shape index (κ2) is 8.15. The number of carboxylic acid groups (broad SMARTS) is 1. The van der Waals surface area contributed by atoms with Crippen LogP contribution in [0.15, 0.2) is 70.0 Å². The topological polar surface area (TPSA) is 110 Å². The summed E-state index contributed by atoms with van der Waals surface area (Å²) in [6.07, 6.45) is 1.43. The molecule has 0 fully saturated rings. The molecule has 0 saturated heterocycles. The van der Waals surface area contributed by atoms with Crippen molar-refractivity contribution in [3.8, 4) is 11.5 Å². The Bertz CT molecular complexity index is 1630. The third-order valence-corrected chi connectivity index (χ3v) is 5.84. The lowest BCUT2D eigenvalue weighted by Crippen LogP contribution is -2.13. The van der Waals surface area contributed by atoms with Crippen LogP contribution in [0.4, 0.5) is 5.69 Å². The van der Waals surface area contributed by atoms with E-state index in [-0.39, 0.29) is 17.2 Å². The molecule has 8 heteroatoms. The first-order valence-corrected chi connectivity index (χ1v) is 10.8. The molecule has 0 bridgehead atoms. The Morgan fingerprint density at radius 2 is 1.91 bits per heavy atom. The molecule has 0 aliphatic rings. The first kappa shape index (κ1) is 21.4. The van der Waals surface area contributed by atoms with E-state index in [9.17, 15) is 14.7 Å². The van der Waals surface area contributed by atoms with Crippen LogP contribution >= 0.6 is 0 Å². The van der Waals surface area contributed by atoms with Crippen LogP contribution in [0.2, 0.25) is 0 Å². The zero-order chi connectivity index (χ0) is 24.0. The van der Waals surface area contributed by atoms with E-state index >= 15 is 0 Å². The monoisotopic (exact) mass is 454 g/mol. The van der Waals surface area contributed by atoms with Crippen LogP contribution in [-0.4, -0.2) is 25.8 Å². The van der Waals surface area contributed by atoms with E-state index in [0.29, 0.717) is 28.1 Å². The first-order valence-electron chi connectivity index (χ1n) is 10.8. The van der Waals surface area contributed by atoms with Crippen molar-refractivity contribution in [1.82, 2.24) is 14.8 Å². The molecule has 5 aromatic rings. The molecule has 0 aliphatic carbocycles. The number of benzene rings is 2. The third-order valence-electron chi connectivity index (χ3n) is 5.84. The van der Waals surface area contributed by atoms with Gasteiger partial charge in [0.1, 0.15) is 11.3 Å². The second-order valence-corrected chi connectivity index (χ2v) is 8.27. The van der Waals surface area contributed by atoms with Crippen LogP contribution in [0, 0.1) is 6.92 Å². The number of hydrogen-bond donors (Lipinski definition) is 2. The highest BCUT2D eigenvalue weighted by molar-refractivity contribution is 5.94. The average molecular weight is 454 g/mol. The van der Waals surface area contributed by atoms with Gasteiger partial charge in [-0.15, -0.1) is 0 Å². The van der Waals surface area contributed by atoms with Crippen LogP contribution < -0.4 is 10.7 Å². The number of nitrogens with zero attached hydrogens (tertiary/aromatic N) is 3. The standard InChI is InChI=1S/C26H22N4O4/c1-14-11-17(15(2)28-19-8-6-10-27-24(19)26(32)33)25-18(12-14)21(31)13-22(34-25)23-16-7-4-5-9-20(16)30(3)29-23/h4-13,15,28H,1-3H3,(H,32,33). The number of aromatic nitrogens is 3. The lowest BCUT2D eigenvalue weighted by molar-refractivity contribution is 0.0691. The number of aryl methyl sites for hydroxylation is 2. The summed E-state index contributed by atoms with van der Waals surface area (Å²) in [7, 11) is 1.85. The minimum atomic E-state index is -1.12. The number of nitrogens with one attached hydrogen (secondary N) is 1. The number of pyridine rings is 1. The van der Waals surface area contributed by atoms with Crippen LogP contribution in [0.5, 0.6) is 0 Å². The van der Waals surface area contributed by atoms with E-state index in [1.54, 1.807) is 22.9 Å². The van der Waals surface area contributed by atoms with Gasteiger partial charge in [0.05, 0.1) is 22.6 Å². The van der Waals surface area contributed by atoms with Gasteiger partial charge < -0.3 is 14.8 Å². The minimum Gasteiger partial charge on any atom is -0.476 e. The molecule has 0 spiro atoms. The molecule has 0 amide bonds. The Kier molecular flexibility index (Phi) is 5.13. The molecule has 8 nitrogen and oxygen atoms in total. The van der Waals surface area contributed by atoms with Crippen molar-refractivity contribution in [2.24, 2.45) is 7.05 Å². The lowest BCUT2D eigenvalue weighted by atomic mass is 10.0. The molecular formula is C26H22N4O4. The van der Waals surface area contributed by atoms with Gasteiger partial charge in [0.2, 0.25) is 0 Å². The van der Waals surface area contributed by atoms with Crippen molar-refractivity contribution in [2.75, 3.05) is 5.32 Å². The molecule has 170 valence electrons. The smallest absolute Gasteiger partial charge is 0.356 e. The number of carbonyl (C=O) groups is 1. The van der Waals surface area contributed by atoms with Crippen LogP contribution in [0.3, 0.4) is 0 Å². The third kappa shape index (κ3) is 3.59. The molecule has 5 rings (SSSR count). The summed E-state index contributed by atoms with van der Waals surface area (Å²) in [5.74, 6) is -0.751. The van der Waals surface area contributed by atoms with Gasteiger partial charge in [0.15, 0.2) is 16.9 Å². The van der Waals surface area contributed by atoms with E-state index in [2.05, 4.69) is 15.4 Å². The van der Waals surface area contributed by atoms with Gasteiger partial charge in [-0.05, 0) is 43.7 Å². The summed E-state index contributed by atoms with van der Waals surface area (Å²) in [6, 6.07) is 15.9. The maximum absolute atomic E-state index is 13.1. The van der Waals surface area contributed by atoms with Gasteiger partial charge in [-0.2, -0.15) is 5.10 Å². The molecular weight excluding hydrogens is 432 g/mol. The van der Waals surface area contributed by atoms with Crippen molar-refractivity contribution in [1.29, 1.82) is 0 Å². The summed E-state index contributed by atoms with van der Waals surface area (Å²) in [5, 5.41) is 18.6. The van der Waals surface area contributed by atoms with E-state index < -0.39 is 5.97 Å². The van der Waals surface area contributed by atoms with Gasteiger partial charge in [-0.25, -0.2) is 9.78 Å². The number of anilines is 1. The van der Waals surface area contributed by atoms with Crippen molar-refractivity contribution in [3.63, 3.8) is 0 Å². The first-order chi connectivity index (χ1) is 16.3. The average Bonchev–Trinajstić information content (AvgIpc) is 3.16. The fourth-order valence-electron chi connectivity index (χ4n) is 4.27. The highest BCUT2D eigenvalue weighted by atomic mass is 16.4. The quantitative estimate of drug-likeness (QED) is 0.388. The maximum atomic E-state index is 13.1. The van der Waals surface area contributed by atoms with Crippen LogP contribution in [-0.2, 0) is 7.05 Å². The molecule has 3 aromatic heterocycles. The Balaban J connectivity index is 1.68. The second-order valence-electron chi connectivity index (χ2n) is 8.27. The summed E-state index contributed by atoms with van der Waals surface area (Å²) >= 11 is 0. The Hall–Kier alpha value is -4.46. The van der Waals surface area contributed by atoms with E-state index in [4.69, 9.17) is 4.42 Å². The van der Waals surface area contributed by atoms with Crippen molar-refractivity contribution in [3.05, 3.63) is 87.8 Å². The molecule has 3 heterocycles. The molecule has 1 unspecified atom stereocenters. The summed E-state index contributed by atoms with van der Waals surface area (Å²) in [4.78, 5) is 28.7. The van der Waals surface area contributed by atoms with E-state index in [0.717, 1.165) is 22.0 Å².